The average Bonchev–Trinajstić information content (AvgIpc) is 2.74. The highest BCUT2D eigenvalue weighted by Gasteiger charge is 2.32. The van der Waals surface area contributed by atoms with E-state index in [-0.39, 0.29) is 0 Å². The molecule has 2 aliphatic heterocycles. The van der Waals surface area contributed by atoms with Crippen LogP contribution in [0.25, 0.3) is 16.5 Å². The van der Waals surface area contributed by atoms with Gasteiger partial charge in [-0.25, -0.2) is 0 Å². The summed E-state index contributed by atoms with van der Waals surface area (Å²) in [6.07, 6.45) is 4.62. The zero-order chi connectivity index (χ0) is 13.1. The van der Waals surface area contributed by atoms with Crippen LogP contribution in [0, 0.1) is 5.92 Å². The van der Waals surface area contributed by atoms with Gasteiger partial charge in [0, 0.05) is 35.3 Å². The molecule has 0 N–H and O–H groups in total. The van der Waals surface area contributed by atoms with Gasteiger partial charge in [0.05, 0.1) is 11.6 Å². The molecule has 0 radical (unpaired) electrons. The van der Waals surface area contributed by atoms with Gasteiger partial charge in [-0.15, -0.1) is 0 Å². The zero-order valence-corrected chi connectivity index (χ0v) is 12.0. The molecule has 0 unspecified atom stereocenters. The van der Waals surface area contributed by atoms with Gasteiger partial charge in [0.25, 0.3) is 0 Å². The maximum absolute atomic E-state index is 6.29. The Morgan fingerprint density at radius 2 is 2.11 bits per heavy atom. The molecule has 2 nitrogen and oxygen atoms in total. The first-order valence-electron chi connectivity index (χ1n) is 6.84. The van der Waals surface area contributed by atoms with E-state index in [0.29, 0.717) is 12.0 Å². The molecular formula is C16H17ClN2. The highest BCUT2D eigenvalue weighted by atomic mass is 35.5. The van der Waals surface area contributed by atoms with Crippen molar-refractivity contribution in [1.29, 1.82) is 0 Å². The lowest BCUT2D eigenvalue weighted by atomic mass is 9.86. The van der Waals surface area contributed by atoms with E-state index in [2.05, 4.69) is 53.9 Å². The summed E-state index contributed by atoms with van der Waals surface area (Å²) in [5, 5.41) is 2.09. The van der Waals surface area contributed by atoms with Crippen molar-refractivity contribution in [1.82, 2.24) is 9.47 Å². The van der Waals surface area contributed by atoms with E-state index in [1.807, 2.05) is 0 Å². The van der Waals surface area contributed by atoms with Crippen LogP contribution in [0.1, 0.15) is 12.5 Å². The summed E-state index contributed by atoms with van der Waals surface area (Å²) in [6, 6.07) is 6.85. The molecule has 3 heteroatoms. The van der Waals surface area contributed by atoms with Crippen LogP contribution >= 0.6 is 11.6 Å². The summed E-state index contributed by atoms with van der Waals surface area (Å²) in [6.45, 7) is 4.47. The Kier molecular flexibility index (Phi) is 2.36. The van der Waals surface area contributed by atoms with Crippen molar-refractivity contribution in [2.75, 3.05) is 13.6 Å². The number of likely N-dealkylation sites (N-methyl/N-ethyl adjacent to an activating group) is 1. The molecule has 0 bridgehead atoms. The molecule has 0 aliphatic carbocycles. The molecule has 2 aromatic rings. The normalized spacial score (nSPS) is 26.4. The van der Waals surface area contributed by atoms with Crippen LogP contribution in [0.3, 0.4) is 0 Å². The van der Waals surface area contributed by atoms with E-state index in [9.17, 15) is 0 Å². The first kappa shape index (κ1) is 11.6. The van der Waals surface area contributed by atoms with Gasteiger partial charge in [0.15, 0.2) is 0 Å². The van der Waals surface area contributed by atoms with Crippen molar-refractivity contribution in [2.24, 2.45) is 5.92 Å². The third kappa shape index (κ3) is 1.60. The predicted octanol–water partition coefficient (Wildman–Crippen LogP) is 3.64. The fourth-order valence-electron chi connectivity index (χ4n) is 3.67. The van der Waals surface area contributed by atoms with Crippen molar-refractivity contribution in [3.05, 3.63) is 41.1 Å². The highest BCUT2D eigenvalue weighted by Crippen LogP contribution is 2.39. The Hall–Kier alpha value is -1.25. The molecule has 98 valence electrons. The van der Waals surface area contributed by atoms with Gasteiger partial charge in [0.1, 0.15) is 0 Å². The highest BCUT2D eigenvalue weighted by molar-refractivity contribution is 6.31. The zero-order valence-electron chi connectivity index (χ0n) is 11.2. The second kappa shape index (κ2) is 3.87. The molecule has 2 atom stereocenters. The minimum absolute atomic E-state index is 0.484. The predicted molar refractivity (Wildman–Crippen MR) is 80.5 cm³/mol. The van der Waals surface area contributed by atoms with Crippen LogP contribution in [-0.2, 0) is 6.54 Å². The molecule has 3 heterocycles. The molecule has 0 saturated carbocycles. The fourth-order valence-corrected chi connectivity index (χ4v) is 3.89. The SMILES string of the molecule is C[C@H]1C=C2c3cc(Cl)cc4ccn(c34)C[C@@H]2N(C)C1. The molecular weight excluding hydrogens is 256 g/mol. The topological polar surface area (TPSA) is 8.17 Å². The van der Waals surface area contributed by atoms with Crippen LogP contribution in [0.15, 0.2) is 30.5 Å². The molecule has 19 heavy (non-hydrogen) atoms. The Labute approximate surface area is 118 Å². The molecule has 0 spiro atoms. The molecule has 0 amide bonds. The van der Waals surface area contributed by atoms with E-state index in [4.69, 9.17) is 11.6 Å². The summed E-state index contributed by atoms with van der Waals surface area (Å²) < 4.78 is 2.37. The lowest BCUT2D eigenvalue weighted by Gasteiger charge is -2.39. The summed E-state index contributed by atoms with van der Waals surface area (Å²) in [5.41, 5.74) is 4.12. The molecule has 0 saturated heterocycles. The van der Waals surface area contributed by atoms with Gasteiger partial charge >= 0.3 is 0 Å². The average molecular weight is 273 g/mol. The van der Waals surface area contributed by atoms with E-state index < -0.39 is 0 Å². The Balaban J connectivity index is 2.04. The molecule has 4 rings (SSSR count). The van der Waals surface area contributed by atoms with E-state index in [1.165, 1.54) is 22.0 Å². The van der Waals surface area contributed by atoms with Gasteiger partial charge in [-0.2, -0.15) is 0 Å². The number of benzene rings is 1. The standard InChI is InChI=1S/C16H17ClN2/c1-10-5-13-14-7-12(17)6-11-3-4-19(16(11)14)9-15(13)18(2)8-10/h3-7,10,15H,8-9H2,1-2H3/t10-,15-/m0/s1. The number of hydrogen-bond donors (Lipinski definition) is 0. The molecule has 0 fully saturated rings. The summed E-state index contributed by atoms with van der Waals surface area (Å²) in [5.74, 6) is 0.604. The number of rotatable bonds is 0. The van der Waals surface area contributed by atoms with E-state index in [0.717, 1.165) is 18.1 Å². The Bertz CT molecular complexity index is 698. The maximum Gasteiger partial charge on any atom is 0.0558 e. The molecule has 1 aromatic heterocycles. The monoisotopic (exact) mass is 272 g/mol. The van der Waals surface area contributed by atoms with Crippen LogP contribution in [0.5, 0.6) is 0 Å². The van der Waals surface area contributed by atoms with Crippen LogP contribution < -0.4 is 0 Å². The minimum Gasteiger partial charge on any atom is -0.345 e. The Morgan fingerprint density at radius 1 is 1.26 bits per heavy atom. The minimum atomic E-state index is 0.484. The Morgan fingerprint density at radius 3 is 2.95 bits per heavy atom. The summed E-state index contributed by atoms with van der Waals surface area (Å²) >= 11 is 6.29. The van der Waals surface area contributed by atoms with Crippen LogP contribution in [0.4, 0.5) is 0 Å². The number of aromatic nitrogens is 1. The smallest absolute Gasteiger partial charge is 0.0558 e. The number of nitrogens with zero attached hydrogens (tertiary/aromatic N) is 2. The lowest BCUT2D eigenvalue weighted by molar-refractivity contribution is 0.234. The van der Waals surface area contributed by atoms with Gasteiger partial charge < -0.3 is 4.57 Å². The van der Waals surface area contributed by atoms with Crippen LogP contribution in [-0.4, -0.2) is 29.1 Å². The fraction of sp³-hybridized carbons (Fsp3) is 0.375. The van der Waals surface area contributed by atoms with Crippen LogP contribution in [0.2, 0.25) is 5.02 Å². The first-order chi connectivity index (χ1) is 9.13. The quantitative estimate of drug-likeness (QED) is 0.711. The number of halogens is 1. The van der Waals surface area contributed by atoms with Crippen molar-refractivity contribution < 1.29 is 0 Å². The lowest BCUT2D eigenvalue weighted by Crippen LogP contribution is -2.43. The van der Waals surface area contributed by atoms with Gasteiger partial charge in [-0.1, -0.05) is 24.6 Å². The summed E-state index contributed by atoms with van der Waals surface area (Å²) in [7, 11) is 2.23. The number of hydrogen-bond acceptors (Lipinski definition) is 1. The third-order valence-electron chi connectivity index (χ3n) is 4.44. The molecule has 1 aromatic carbocycles. The second-order valence-electron chi connectivity index (χ2n) is 5.91. The van der Waals surface area contributed by atoms with Gasteiger partial charge in [0.2, 0.25) is 0 Å². The largest absolute Gasteiger partial charge is 0.345 e. The third-order valence-corrected chi connectivity index (χ3v) is 4.66. The van der Waals surface area contributed by atoms with Crippen molar-refractivity contribution >= 4 is 28.1 Å². The summed E-state index contributed by atoms with van der Waals surface area (Å²) in [4.78, 5) is 2.47. The first-order valence-corrected chi connectivity index (χ1v) is 7.22. The van der Waals surface area contributed by atoms with Crippen molar-refractivity contribution in [3.8, 4) is 0 Å². The molecule has 2 aliphatic rings. The van der Waals surface area contributed by atoms with Gasteiger partial charge in [-0.3, -0.25) is 4.90 Å². The maximum atomic E-state index is 6.29. The second-order valence-corrected chi connectivity index (χ2v) is 6.35. The van der Waals surface area contributed by atoms with E-state index >= 15 is 0 Å². The van der Waals surface area contributed by atoms with E-state index in [1.54, 1.807) is 0 Å². The van der Waals surface area contributed by atoms with Crippen molar-refractivity contribution in [2.45, 2.75) is 19.5 Å². The number of fused-ring (bicyclic) bond motifs is 2. The van der Waals surface area contributed by atoms with Crippen molar-refractivity contribution in [3.63, 3.8) is 0 Å². The van der Waals surface area contributed by atoms with Gasteiger partial charge in [-0.05, 0) is 36.7 Å².